The van der Waals surface area contributed by atoms with Crippen LogP contribution in [0.25, 0.3) is 21.9 Å². The van der Waals surface area contributed by atoms with Gasteiger partial charge in [0.1, 0.15) is 5.52 Å². The highest BCUT2D eigenvalue weighted by molar-refractivity contribution is 6.03. The standard InChI is InChI=1S/C11H9FN4O2/c1-16-11-6(4-13-16)5-3-7(18-2)10(17)8(12)9(5)14-15-11/h3-4,17H,1-2H3. The second-order valence-electron chi connectivity index (χ2n) is 3.84. The number of ether oxygens (including phenoxy) is 1. The van der Waals surface area contributed by atoms with E-state index in [-0.39, 0.29) is 11.3 Å². The average molecular weight is 248 g/mol. The average Bonchev–Trinajstić information content (AvgIpc) is 2.75. The molecule has 0 saturated heterocycles. The van der Waals surface area contributed by atoms with Crippen LogP contribution < -0.4 is 4.74 Å². The van der Waals surface area contributed by atoms with Crippen molar-refractivity contribution in [3.8, 4) is 11.5 Å². The molecule has 3 rings (SSSR count). The van der Waals surface area contributed by atoms with Crippen molar-refractivity contribution < 1.29 is 14.2 Å². The number of hydrogen-bond donors (Lipinski definition) is 1. The molecule has 0 spiro atoms. The Kier molecular flexibility index (Phi) is 2.09. The fourth-order valence-corrected chi connectivity index (χ4v) is 1.90. The van der Waals surface area contributed by atoms with Crippen molar-refractivity contribution >= 4 is 21.9 Å². The fraction of sp³-hybridized carbons (Fsp3) is 0.182. The molecule has 0 unspecified atom stereocenters. The number of aryl methyl sites for hydroxylation is 1. The van der Waals surface area contributed by atoms with Crippen LogP contribution in [0.4, 0.5) is 4.39 Å². The Bertz CT molecular complexity index is 769. The van der Waals surface area contributed by atoms with E-state index in [1.165, 1.54) is 13.2 Å². The van der Waals surface area contributed by atoms with E-state index in [9.17, 15) is 9.50 Å². The lowest BCUT2D eigenvalue weighted by atomic mass is 10.1. The minimum absolute atomic E-state index is 0.00574. The van der Waals surface area contributed by atoms with Gasteiger partial charge in [-0.1, -0.05) is 0 Å². The van der Waals surface area contributed by atoms with E-state index in [0.29, 0.717) is 16.4 Å². The number of fused-ring (bicyclic) bond motifs is 3. The molecular weight excluding hydrogens is 239 g/mol. The van der Waals surface area contributed by atoms with Crippen molar-refractivity contribution in [1.29, 1.82) is 0 Å². The normalized spacial score (nSPS) is 11.3. The Morgan fingerprint density at radius 3 is 2.83 bits per heavy atom. The summed E-state index contributed by atoms with van der Waals surface area (Å²) in [6.07, 6.45) is 1.57. The number of rotatable bonds is 1. The molecule has 0 amide bonds. The summed E-state index contributed by atoms with van der Waals surface area (Å²) in [5.74, 6) is -1.36. The van der Waals surface area contributed by atoms with Gasteiger partial charge in [-0.25, -0.2) is 9.07 Å². The van der Waals surface area contributed by atoms with Crippen LogP contribution in [-0.2, 0) is 7.05 Å². The smallest absolute Gasteiger partial charge is 0.196 e. The maximum Gasteiger partial charge on any atom is 0.196 e. The van der Waals surface area contributed by atoms with Crippen LogP contribution in [0.2, 0.25) is 0 Å². The van der Waals surface area contributed by atoms with E-state index in [1.54, 1.807) is 17.9 Å². The van der Waals surface area contributed by atoms with Gasteiger partial charge in [0, 0.05) is 12.4 Å². The highest BCUT2D eigenvalue weighted by Crippen LogP contribution is 2.36. The predicted octanol–water partition coefficient (Wildman–Crippen LogP) is 1.37. The van der Waals surface area contributed by atoms with Gasteiger partial charge in [0.05, 0.1) is 18.7 Å². The summed E-state index contributed by atoms with van der Waals surface area (Å²) in [5.41, 5.74) is 0.531. The Balaban J connectivity index is 2.54. The number of halogens is 1. The summed E-state index contributed by atoms with van der Waals surface area (Å²) < 4.78 is 20.4. The van der Waals surface area contributed by atoms with Crippen LogP contribution in [0.5, 0.6) is 11.5 Å². The molecule has 0 aliphatic heterocycles. The van der Waals surface area contributed by atoms with Crippen LogP contribution >= 0.6 is 0 Å². The number of nitrogens with zero attached hydrogens (tertiary/aromatic N) is 4. The molecule has 0 saturated carbocycles. The summed E-state index contributed by atoms with van der Waals surface area (Å²) in [6.45, 7) is 0. The molecule has 18 heavy (non-hydrogen) atoms. The number of hydrogen-bond acceptors (Lipinski definition) is 5. The van der Waals surface area contributed by atoms with E-state index >= 15 is 0 Å². The first-order valence-corrected chi connectivity index (χ1v) is 5.17. The van der Waals surface area contributed by atoms with Gasteiger partial charge in [0.15, 0.2) is 23.0 Å². The molecule has 7 heteroatoms. The Morgan fingerprint density at radius 2 is 2.11 bits per heavy atom. The van der Waals surface area contributed by atoms with Crippen molar-refractivity contribution in [3.05, 3.63) is 18.1 Å². The number of phenolic OH excluding ortho intramolecular Hbond substituents is 1. The highest BCUT2D eigenvalue weighted by Gasteiger charge is 2.18. The lowest BCUT2D eigenvalue weighted by molar-refractivity contribution is 0.359. The third kappa shape index (κ3) is 1.24. The molecule has 3 aromatic rings. The van der Waals surface area contributed by atoms with E-state index in [1.807, 2.05) is 0 Å². The third-order valence-corrected chi connectivity index (χ3v) is 2.84. The largest absolute Gasteiger partial charge is 0.502 e. The van der Waals surface area contributed by atoms with Crippen molar-refractivity contribution in [3.63, 3.8) is 0 Å². The molecule has 1 aromatic carbocycles. The molecular formula is C11H9FN4O2. The number of aromatic hydroxyl groups is 1. The summed E-state index contributed by atoms with van der Waals surface area (Å²) in [6, 6.07) is 1.52. The Hall–Kier alpha value is -2.44. The minimum Gasteiger partial charge on any atom is -0.502 e. The van der Waals surface area contributed by atoms with Gasteiger partial charge in [0.25, 0.3) is 0 Å². The van der Waals surface area contributed by atoms with Crippen LogP contribution in [-0.4, -0.2) is 32.2 Å². The van der Waals surface area contributed by atoms with Gasteiger partial charge in [0.2, 0.25) is 0 Å². The number of phenols is 1. The topological polar surface area (TPSA) is 73.1 Å². The van der Waals surface area contributed by atoms with Gasteiger partial charge in [-0.2, -0.15) is 5.10 Å². The van der Waals surface area contributed by atoms with Gasteiger partial charge in [-0.3, -0.25) is 0 Å². The third-order valence-electron chi connectivity index (χ3n) is 2.84. The molecule has 0 atom stereocenters. The second-order valence-corrected chi connectivity index (χ2v) is 3.84. The first kappa shape index (κ1) is 10.7. The first-order valence-electron chi connectivity index (χ1n) is 5.17. The van der Waals surface area contributed by atoms with E-state index < -0.39 is 11.6 Å². The van der Waals surface area contributed by atoms with Crippen LogP contribution in [0.3, 0.4) is 0 Å². The zero-order valence-electron chi connectivity index (χ0n) is 9.68. The monoisotopic (exact) mass is 248 g/mol. The van der Waals surface area contributed by atoms with E-state index in [4.69, 9.17) is 4.74 Å². The van der Waals surface area contributed by atoms with Gasteiger partial charge >= 0.3 is 0 Å². The van der Waals surface area contributed by atoms with Crippen LogP contribution in [0.1, 0.15) is 0 Å². The molecule has 6 nitrogen and oxygen atoms in total. The molecule has 0 bridgehead atoms. The summed E-state index contributed by atoms with van der Waals surface area (Å²) in [7, 11) is 3.08. The molecule has 2 heterocycles. The molecule has 2 aromatic heterocycles. The van der Waals surface area contributed by atoms with Gasteiger partial charge < -0.3 is 9.84 Å². The first-order chi connectivity index (χ1) is 8.63. The predicted molar refractivity (Wildman–Crippen MR) is 62.0 cm³/mol. The van der Waals surface area contributed by atoms with Crippen molar-refractivity contribution in [1.82, 2.24) is 20.0 Å². The maximum atomic E-state index is 13.9. The molecule has 0 radical (unpaired) electrons. The minimum atomic E-state index is -0.845. The van der Waals surface area contributed by atoms with Crippen LogP contribution in [0.15, 0.2) is 12.3 Å². The second kappa shape index (κ2) is 3.52. The zero-order valence-corrected chi connectivity index (χ0v) is 9.68. The number of methoxy groups -OCH3 is 1. The summed E-state index contributed by atoms with van der Waals surface area (Å²) in [5, 5.41) is 22.4. The summed E-state index contributed by atoms with van der Waals surface area (Å²) >= 11 is 0. The van der Waals surface area contributed by atoms with E-state index in [2.05, 4.69) is 15.3 Å². The van der Waals surface area contributed by atoms with Gasteiger partial charge in [-0.05, 0) is 6.07 Å². The number of benzene rings is 1. The van der Waals surface area contributed by atoms with Gasteiger partial charge in [-0.15, -0.1) is 10.2 Å². The van der Waals surface area contributed by atoms with Crippen molar-refractivity contribution in [2.24, 2.45) is 7.05 Å². The summed E-state index contributed by atoms with van der Waals surface area (Å²) in [4.78, 5) is 0. The zero-order chi connectivity index (χ0) is 12.9. The molecule has 92 valence electrons. The van der Waals surface area contributed by atoms with E-state index in [0.717, 1.165) is 0 Å². The quantitative estimate of drug-likeness (QED) is 0.704. The maximum absolute atomic E-state index is 13.9. The Labute approximate surface area is 101 Å². The van der Waals surface area contributed by atoms with Crippen molar-refractivity contribution in [2.45, 2.75) is 0 Å². The Morgan fingerprint density at radius 1 is 1.33 bits per heavy atom. The SMILES string of the molecule is COc1cc2c(nnc3c2cnn3C)c(F)c1O. The lowest BCUT2D eigenvalue weighted by Gasteiger charge is -2.07. The van der Waals surface area contributed by atoms with Crippen LogP contribution in [0, 0.1) is 5.82 Å². The van der Waals surface area contributed by atoms with Crippen molar-refractivity contribution in [2.75, 3.05) is 7.11 Å². The molecule has 0 aliphatic rings. The fourth-order valence-electron chi connectivity index (χ4n) is 1.90. The molecule has 0 aliphatic carbocycles. The molecule has 1 N–H and O–H groups in total. The molecule has 0 fully saturated rings. The highest BCUT2D eigenvalue weighted by atomic mass is 19.1. The lowest BCUT2D eigenvalue weighted by Crippen LogP contribution is -1.96. The number of aromatic nitrogens is 4.